The lowest BCUT2D eigenvalue weighted by atomic mass is 10.2. The number of carbonyl (C=O) groups is 1. The second-order valence-corrected chi connectivity index (χ2v) is 5.74. The van der Waals surface area contributed by atoms with Crippen molar-refractivity contribution in [1.82, 2.24) is 15.0 Å². The van der Waals surface area contributed by atoms with E-state index in [1.165, 1.54) is 0 Å². The van der Waals surface area contributed by atoms with Crippen molar-refractivity contribution in [3.8, 4) is 11.6 Å². The topological polar surface area (TPSA) is 72.4 Å². The number of carbonyl (C=O) groups excluding carboxylic acids is 1. The van der Waals surface area contributed by atoms with Crippen LogP contribution in [0.4, 0.5) is 0 Å². The molecule has 7 heteroatoms. The number of benzene rings is 1. The Morgan fingerprint density at radius 2 is 2.08 bits per heavy atom. The number of rotatable bonds is 6. The van der Waals surface area contributed by atoms with Crippen molar-refractivity contribution in [2.24, 2.45) is 0 Å². The second-order valence-electron chi connectivity index (χ2n) is 5.33. The number of hydrogen-bond acceptors (Lipinski definition) is 5. The van der Waals surface area contributed by atoms with Crippen molar-refractivity contribution in [3.63, 3.8) is 0 Å². The fourth-order valence-corrected chi connectivity index (χ4v) is 2.43. The maximum Gasteiger partial charge on any atom is 0.238 e. The lowest BCUT2D eigenvalue weighted by Gasteiger charge is -2.17. The van der Waals surface area contributed by atoms with Crippen LogP contribution in [0, 0.1) is 0 Å². The first-order valence-corrected chi connectivity index (χ1v) is 7.85. The Kier molecular flexibility index (Phi) is 4.96. The number of aromatic nitrogens is 2. The van der Waals surface area contributed by atoms with Gasteiger partial charge in [0.15, 0.2) is 5.76 Å². The maximum atomic E-state index is 12.2. The van der Waals surface area contributed by atoms with Gasteiger partial charge in [-0.1, -0.05) is 35.0 Å². The summed E-state index contributed by atoms with van der Waals surface area (Å²) in [5.74, 6) is 1.30. The molecule has 124 valence electrons. The molecule has 0 atom stereocenters. The lowest BCUT2D eigenvalue weighted by molar-refractivity contribution is -0.130. The molecule has 24 heavy (non-hydrogen) atoms. The number of furan rings is 1. The molecule has 3 rings (SSSR count). The van der Waals surface area contributed by atoms with Crippen LogP contribution < -0.4 is 0 Å². The van der Waals surface area contributed by atoms with Crippen LogP contribution in [0.5, 0.6) is 0 Å². The van der Waals surface area contributed by atoms with Crippen LogP contribution in [0.25, 0.3) is 11.6 Å². The van der Waals surface area contributed by atoms with E-state index in [0.717, 1.165) is 5.56 Å². The van der Waals surface area contributed by atoms with Crippen LogP contribution in [0.15, 0.2) is 51.6 Å². The molecule has 1 aromatic carbocycles. The van der Waals surface area contributed by atoms with E-state index in [9.17, 15) is 4.79 Å². The summed E-state index contributed by atoms with van der Waals surface area (Å²) in [5.41, 5.74) is 0.910. The molecule has 0 fully saturated rings. The number of nitrogens with zero attached hydrogens (tertiary/aromatic N) is 3. The molecule has 0 N–H and O–H groups in total. The molecule has 0 bridgehead atoms. The summed E-state index contributed by atoms with van der Waals surface area (Å²) < 4.78 is 10.3. The minimum absolute atomic E-state index is 0.0207. The molecule has 0 saturated carbocycles. The first-order chi connectivity index (χ1) is 11.6. The van der Waals surface area contributed by atoms with Crippen molar-refractivity contribution in [2.75, 3.05) is 7.05 Å². The number of hydrogen-bond donors (Lipinski definition) is 0. The molecule has 6 nitrogen and oxygen atoms in total. The Bertz CT molecular complexity index is 814. The van der Waals surface area contributed by atoms with E-state index in [0.29, 0.717) is 35.5 Å². The first-order valence-electron chi connectivity index (χ1n) is 7.47. The van der Waals surface area contributed by atoms with Crippen LogP contribution in [0.1, 0.15) is 17.9 Å². The molecular weight excluding hydrogens is 330 g/mol. The SMILES string of the molecule is CN(Cc1ccccc1Cl)C(=O)CCc1nc(-c2ccco2)no1. The van der Waals surface area contributed by atoms with Crippen molar-refractivity contribution < 1.29 is 13.7 Å². The van der Waals surface area contributed by atoms with Crippen LogP contribution in [0.2, 0.25) is 5.02 Å². The Hall–Kier alpha value is -2.60. The third kappa shape index (κ3) is 3.83. The van der Waals surface area contributed by atoms with Crippen molar-refractivity contribution >= 4 is 17.5 Å². The molecule has 2 aromatic heterocycles. The predicted octanol–water partition coefficient (Wildman–Crippen LogP) is 3.57. The molecule has 2 heterocycles. The maximum absolute atomic E-state index is 12.2. The summed E-state index contributed by atoms with van der Waals surface area (Å²) in [6.45, 7) is 0.458. The normalized spacial score (nSPS) is 10.8. The zero-order valence-electron chi connectivity index (χ0n) is 13.1. The van der Waals surface area contributed by atoms with Gasteiger partial charge in [-0.3, -0.25) is 4.79 Å². The largest absolute Gasteiger partial charge is 0.461 e. The fraction of sp³-hybridized carbons (Fsp3) is 0.235. The first kappa shape index (κ1) is 16.3. The molecule has 3 aromatic rings. The van der Waals surface area contributed by atoms with Gasteiger partial charge in [0.1, 0.15) is 0 Å². The van der Waals surface area contributed by atoms with Gasteiger partial charge < -0.3 is 13.8 Å². The summed E-state index contributed by atoms with van der Waals surface area (Å²) in [7, 11) is 1.74. The molecule has 0 radical (unpaired) electrons. The van der Waals surface area contributed by atoms with E-state index in [-0.39, 0.29) is 12.3 Å². The third-order valence-corrected chi connectivity index (χ3v) is 3.92. The highest BCUT2D eigenvalue weighted by Gasteiger charge is 2.15. The average molecular weight is 346 g/mol. The molecule has 0 aliphatic rings. The zero-order chi connectivity index (χ0) is 16.9. The van der Waals surface area contributed by atoms with Gasteiger partial charge in [0, 0.05) is 31.5 Å². The molecular formula is C17H16ClN3O3. The molecule has 1 amide bonds. The molecule has 0 saturated heterocycles. The van der Waals surface area contributed by atoms with E-state index in [1.54, 1.807) is 30.3 Å². The van der Waals surface area contributed by atoms with Crippen LogP contribution >= 0.6 is 11.6 Å². The van der Waals surface area contributed by atoms with Gasteiger partial charge in [-0.25, -0.2) is 0 Å². The van der Waals surface area contributed by atoms with E-state index in [4.69, 9.17) is 20.5 Å². The third-order valence-electron chi connectivity index (χ3n) is 3.55. The van der Waals surface area contributed by atoms with Gasteiger partial charge in [0.05, 0.1) is 6.26 Å². The lowest BCUT2D eigenvalue weighted by Crippen LogP contribution is -2.26. The smallest absolute Gasteiger partial charge is 0.238 e. The number of aryl methyl sites for hydroxylation is 1. The minimum Gasteiger partial charge on any atom is -0.461 e. The predicted molar refractivity (Wildman–Crippen MR) is 88.2 cm³/mol. The van der Waals surface area contributed by atoms with Crippen molar-refractivity contribution in [1.29, 1.82) is 0 Å². The quantitative estimate of drug-likeness (QED) is 0.682. The van der Waals surface area contributed by atoms with Crippen LogP contribution in [0.3, 0.4) is 0 Å². The summed E-state index contributed by atoms with van der Waals surface area (Å²) in [6.07, 6.45) is 2.19. The van der Waals surface area contributed by atoms with Crippen LogP contribution in [-0.4, -0.2) is 28.0 Å². The standard InChI is InChI=1S/C17H16ClN3O3/c1-21(11-12-5-2-3-6-13(12)18)16(22)9-8-15-19-17(20-24-15)14-7-4-10-23-14/h2-7,10H,8-9,11H2,1H3. The van der Waals surface area contributed by atoms with E-state index in [1.807, 2.05) is 24.3 Å². The van der Waals surface area contributed by atoms with Gasteiger partial charge >= 0.3 is 0 Å². The Labute approximate surface area is 144 Å². The molecule has 0 aliphatic heterocycles. The highest BCUT2D eigenvalue weighted by atomic mass is 35.5. The highest BCUT2D eigenvalue weighted by molar-refractivity contribution is 6.31. The van der Waals surface area contributed by atoms with Gasteiger partial charge in [0.25, 0.3) is 0 Å². The van der Waals surface area contributed by atoms with Gasteiger partial charge in [-0.15, -0.1) is 0 Å². The Balaban J connectivity index is 1.54. The van der Waals surface area contributed by atoms with E-state index >= 15 is 0 Å². The minimum atomic E-state index is -0.0207. The Morgan fingerprint density at radius 1 is 1.25 bits per heavy atom. The molecule has 0 spiro atoms. The second kappa shape index (κ2) is 7.31. The monoisotopic (exact) mass is 345 g/mol. The Morgan fingerprint density at radius 3 is 2.83 bits per heavy atom. The highest BCUT2D eigenvalue weighted by Crippen LogP contribution is 2.18. The van der Waals surface area contributed by atoms with E-state index in [2.05, 4.69) is 10.1 Å². The summed E-state index contributed by atoms with van der Waals surface area (Å²) in [4.78, 5) is 18.1. The van der Waals surface area contributed by atoms with Crippen molar-refractivity contribution in [3.05, 3.63) is 59.1 Å². The average Bonchev–Trinajstić information content (AvgIpc) is 3.25. The zero-order valence-corrected chi connectivity index (χ0v) is 13.9. The molecule has 0 aliphatic carbocycles. The molecule has 0 unspecified atom stereocenters. The van der Waals surface area contributed by atoms with Gasteiger partial charge in [0.2, 0.25) is 17.6 Å². The van der Waals surface area contributed by atoms with Crippen molar-refractivity contribution in [2.45, 2.75) is 19.4 Å². The number of amides is 1. The number of halogens is 1. The van der Waals surface area contributed by atoms with Gasteiger partial charge in [-0.2, -0.15) is 4.98 Å². The van der Waals surface area contributed by atoms with Crippen LogP contribution in [-0.2, 0) is 17.8 Å². The fourth-order valence-electron chi connectivity index (χ4n) is 2.24. The summed E-state index contributed by atoms with van der Waals surface area (Å²) in [5, 5.41) is 4.49. The van der Waals surface area contributed by atoms with E-state index < -0.39 is 0 Å². The van der Waals surface area contributed by atoms with Gasteiger partial charge in [-0.05, 0) is 23.8 Å². The summed E-state index contributed by atoms with van der Waals surface area (Å²) in [6, 6.07) is 11.0. The summed E-state index contributed by atoms with van der Waals surface area (Å²) >= 11 is 6.12.